The molecule has 20 heteroatoms. The number of rotatable bonds is 29. The maximum Gasteiger partial charge on any atom is 0.477 e. The van der Waals surface area contributed by atoms with Crippen LogP contribution in [0.1, 0.15) is 136 Å². The van der Waals surface area contributed by atoms with Crippen LogP contribution >= 0.6 is 7.82 Å². The largest absolute Gasteiger partial charge is 0.477 e. The Morgan fingerprint density at radius 2 is 1.24 bits per heavy atom. The summed E-state index contributed by atoms with van der Waals surface area (Å²) >= 11 is 0. The second kappa shape index (κ2) is 29.7. The van der Waals surface area contributed by atoms with Crippen molar-refractivity contribution in [3.63, 3.8) is 0 Å². The molecule has 1 aliphatic heterocycles. The third-order valence-electron chi connectivity index (χ3n) is 13.1. The van der Waals surface area contributed by atoms with Gasteiger partial charge in [-0.1, -0.05) is 138 Å². The molecule has 1 aliphatic carbocycles. The highest BCUT2D eigenvalue weighted by Crippen LogP contribution is 2.53. The Labute approximate surface area is 442 Å². The number of nitrogens with zero attached hydrogens (tertiary/aromatic N) is 5. The molecule has 412 valence electrons. The van der Waals surface area contributed by atoms with Crippen LogP contribution in [0.15, 0.2) is 84.0 Å². The van der Waals surface area contributed by atoms with Crippen molar-refractivity contribution in [2.75, 3.05) is 39.5 Å². The summed E-state index contributed by atoms with van der Waals surface area (Å²) in [7, 11) is -4.52. The lowest BCUT2D eigenvalue weighted by Gasteiger charge is -2.44. The molecule has 2 aliphatic rings. The van der Waals surface area contributed by atoms with Crippen molar-refractivity contribution >= 4 is 31.9 Å². The molecule has 3 aromatic rings. The second-order valence-electron chi connectivity index (χ2n) is 19.5. The lowest BCUT2D eigenvalue weighted by Crippen LogP contribution is -2.61. The van der Waals surface area contributed by atoms with E-state index in [4.69, 9.17) is 42.0 Å². The maximum atomic E-state index is 14.7. The van der Waals surface area contributed by atoms with E-state index in [-0.39, 0.29) is 38.4 Å². The number of hydrogen-bond acceptors (Lipinski definition) is 15. The van der Waals surface area contributed by atoms with Gasteiger partial charge in [0.15, 0.2) is 6.29 Å². The smallest absolute Gasteiger partial charge is 0.461 e. The van der Waals surface area contributed by atoms with E-state index in [1.165, 1.54) is 9.80 Å². The number of unbranched alkanes of at least 4 members (excludes halogenated alkanes) is 2. The summed E-state index contributed by atoms with van der Waals surface area (Å²) in [5.74, 6) is -2.02. The summed E-state index contributed by atoms with van der Waals surface area (Å²) in [6.07, 6.45) is -3.28. The summed E-state index contributed by atoms with van der Waals surface area (Å²) in [5, 5.41) is 4.00. The number of hydrogen-bond donors (Lipinski definition) is 0. The quantitative estimate of drug-likeness (QED) is 0.0120. The Hall–Kier alpha value is -5.52. The van der Waals surface area contributed by atoms with Crippen molar-refractivity contribution in [3.05, 3.63) is 106 Å². The summed E-state index contributed by atoms with van der Waals surface area (Å²) < 4.78 is 69.1. The van der Waals surface area contributed by atoms with E-state index in [2.05, 4.69) is 10.0 Å². The zero-order valence-corrected chi connectivity index (χ0v) is 46.0. The zero-order valence-electron chi connectivity index (χ0n) is 45.1. The first-order chi connectivity index (χ1) is 36.0. The van der Waals surface area contributed by atoms with Gasteiger partial charge in [-0.05, 0) is 92.6 Å². The molecule has 0 N–H and O–H groups in total. The minimum absolute atomic E-state index is 0.0000863. The normalized spacial score (nSPS) is 18.4. The molecule has 0 spiro atoms. The minimum atomic E-state index is -4.52. The lowest BCUT2D eigenvalue weighted by molar-refractivity contribution is -0.263. The summed E-state index contributed by atoms with van der Waals surface area (Å²) in [6.45, 7) is 14.8. The predicted octanol–water partition coefficient (Wildman–Crippen LogP) is 12.1. The Kier molecular flexibility index (Phi) is 23.9. The van der Waals surface area contributed by atoms with Crippen LogP contribution < -0.4 is 0 Å². The first-order valence-corrected chi connectivity index (χ1v) is 27.9. The van der Waals surface area contributed by atoms with Gasteiger partial charge in [0.2, 0.25) is 0 Å². The maximum absolute atomic E-state index is 14.7. The molecule has 0 radical (unpaired) electrons. The molecule has 5 atom stereocenters. The Bertz CT molecular complexity index is 2330. The number of benzene rings is 3. The molecule has 0 bridgehead atoms. The van der Waals surface area contributed by atoms with E-state index in [9.17, 15) is 29.3 Å². The second-order valence-corrected chi connectivity index (χ2v) is 21.2. The van der Waals surface area contributed by atoms with Crippen LogP contribution in [0, 0.1) is 0 Å². The van der Waals surface area contributed by atoms with Crippen LogP contribution in [0.4, 0.5) is 9.59 Å². The number of esters is 2. The molecule has 0 saturated carbocycles. The first-order valence-electron chi connectivity index (χ1n) is 26.4. The van der Waals surface area contributed by atoms with Crippen molar-refractivity contribution in [2.24, 2.45) is 5.11 Å². The molecule has 1 saturated heterocycles. The highest BCUT2D eigenvalue weighted by molar-refractivity contribution is 7.48. The predicted molar refractivity (Wildman–Crippen MR) is 281 cm³/mol. The van der Waals surface area contributed by atoms with E-state index < -0.39 is 93.9 Å². The summed E-state index contributed by atoms with van der Waals surface area (Å²) in [4.78, 5) is 62.1. The molecule has 0 unspecified atom stereocenters. The number of ether oxygens (including phenoxy) is 6. The molecule has 75 heavy (non-hydrogen) atoms. The molecular formula is C55H78N5O14P. The van der Waals surface area contributed by atoms with E-state index in [1.54, 1.807) is 45.0 Å². The van der Waals surface area contributed by atoms with Gasteiger partial charge in [-0.2, -0.15) is 0 Å². The Morgan fingerprint density at radius 3 is 1.77 bits per heavy atom. The number of carbonyl (C=O) groups is 4. The molecule has 1 fully saturated rings. The van der Waals surface area contributed by atoms with Crippen molar-refractivity contribution in [2.45, 2.75) is 175 Å². The van der Waals surface area contributed by atoms with Gasteiger partial charge in [-0.15, -0.1) is 0 Å². The van der Waals surface area contributed by atoms with E-state index in [1.807, 2.05) is 96.1 Å². The van der Waals surface area contributed by atoms with Gasteiger partial charge < -0.3 is 28.4 Å². The van der Waals surface area contributed by atoms with Crippen LogP contribution in [-0.4, -0.2) is 122 Å². The highest BCUT2D eigenvalue weighted by atomic mass is 31.2. The molecule has 3 aromatic carbocycles. The van der Waals surface area contributed by atoms with E-state index >= 15 is 0 Å². The van der Waals surface area contributed by atoms with E-state index in [0.29, 0.717) is 56.9 Å². The lowest BCUT2D eigenvalue weighted by atomic mass is 9.97. The van der Waals surface area contributed by atoms with Gasteiger partial charge in [-0.25, -0.2) is 14.2 Å². The van der Waals surface area contributed by atoms with E-state index in [0.717, 1.165) is 22.3 Å². The third kappa shape index (κ3) is 17.2. The average molecular weight is 1060 g/mol. The van der Waals surface area contributed by atoms with Crippen LogP contribution in [0.2, 0.25) is 0 Å². The average Bonchev–Trinajstić information content (AvgIpc) is 3.71. The standard InChI is InChI=1S/C55H78N5O14P/c1-10-16-31-69-75(65,70-32-17-11-2)74-52-49(57-58-56)51(72-48(62)34-59(39(12-3)13-4)53(63)68-36-45-43-29-23-21-27-41(43)42-28-22-24-30-44(42)45)50(67-35-38-25-19-18-20-26-38)46(71-52)37-66-47(61)33-60(40(14-5)15-6)54(64)73-55(7,8)9/h18-30,39-40,45-46,49-52H,10-17,31-37H2,1-9H3/t46-,49-,50+,51-,52+/m1/s1. The SMILES string of the molecule is CCCCOP(=O)(OCCCC)O[C@@H]1O[C@H](COC(=O)CN(C(=O)OC(C)(C)C)C(CC)CC)[C@H](OCc2ccccc2)[C@H](OC(=O)CN(C(=O)OCC2c3ccccc3-c3ccccc32)C(CC)CC)[C@H]1N=[N+]=[N-]. The summed E-state index contributed by atoms with van der Waals surface area (Å²) in [6, 6.07) is 22.5. The molecule has 19 nitrogen and oxygen atoms in total. The van der Waals surface area contributed by atoms with Gasteiger partial charge >= 0.3 is 31.9 Å². The Balaban J connectivity index is 1.51. The number of phosphoric acid groups is 1. The topological polar surface area (TPSA) is 224 Å². The molecule has 5 rings (SSSR count). The molecular weight excluding hydrogens is 986 g/mol. The fourth-order valence-corrected chi connectivity index (χ4v) is 10.4. The molecule has 0 aromatic heterocycles. The number of carbonyl (C=O) groups excluding carboxylic acids is 4. The van der Waals surface area contributed by atoms with Crippen molar-refractivity contribution < 1.29 is 65.7 Å². The van der Waals surface area contributed by atoms with Gasteiger partial charge in [0.25, 0.3) is 0 Å². The van der Waals surface area contributed by atoms with Gasteiger partial charge in [-0.3, -0.25) is 33.0 Å². The van der Waals surface area contributed by atoms with Crippen molar-refractivity contribution in [1.29, 1.82) is 0 Å². The number of fused-ring (bicyclic) bond motifs is 3. The monoisotopic (exact) mass is 1060 g/mol. The highest BCUT2D eigenvalue weighted by Gasteiger charge is 2.52. The van der Waals surface area contributed by atoms with Gasteiger partial charge in [0, 0.05) is 22.9 Å². The summed E-state index contributed by atoms with van der Waals surface area (Å²) in [5.41, 5.74) is 14.1. The molecule has 2 amide bonds. The van der Waals surface area contributed by atoms with Gasteiger partial charge in [0.05, 0.1) is 19.8 Å². The van der Waals surface area contributed by atoms with Crippen LogP contribution in [0.5, 0.6) is 0 Å². The number of amides is 2. The third-order valence-corrected chi connectivity index (χ3v) is 14.5. The minimum Gasteiger partial charge on any atom is -0.461 e. The number of azide groups is 1. The zero-order chi connectivity index (χ0) is 54.5. The van der Waals surface area contributed by atoms with Crippen LogP contribution in [-0.2, 0) is 62.8 Å². The van der Waals surface area contributed by atoms with Crippen molar-refractivity contribution in [1.82, 2.24) is 9.80 Å². The van der Waals surface area contributed by atoms with Crippen LogP contribution in [0.25, 0.3) is 21.6 Å². The Morgan fingerprint density at radius 1 is 0.707 bits per heavy atom. The van der Waals surface area contributed by atoms with Crippen molar-refractivity contribution in [3.8, 4) is 11.1 Å². The number of phosphoric ester groups is 1. The fourth-order valence-electron chi connectivity index (χ4n) is 9.09. The fraction of sp³-hybridized carbons (Fsp3) is 0.600. The van der Waals surface area contributed by atoms with Gasteiger partial charge in [0.1, 0.15) is 56.3 Å². The first kappa shape index (κ1) is 60.3. The van der Waals surface area contributed by atoms with Crippen LogP contribution in [0.3, 0.4) is 0 Å². The molecule has 1 heterocycles.